The molecule has 0 aromatic rings. The van der Waals surface area contributed by atoms with E-state index < -0.39 is 0 Å². The Bertz CT molecular complexity index is 89.1. The molecule has 0 unspecified atom stereocenters. The first-order valence-electron chi connectivity index (χ1n) is 5.85. The molecule has 0 saturated heterocycles. The zero-order valence-electron chi connectivity index (χ0n) is 9.64. The lowest BCUT2D eigenvalue weighted by atomic mass is 10.0. The van der Waals surface area contributed by atoms with Gasteiger partial charge < -0.3 is 4.74 Å². The molecule has 0 radical (unpaired) electrons. The molecule has 0 bridgehead atoms. The summed E-state index contributed by atoms with van der Waals surface area (Å²) in [7, 11) is 0. The van der Waals surface area contributed by atoms with Crippen molar-refractivity contribution in [3.05, 3.63) is 0 Å². The van der Waals surface area contributed by atoms with Gasteiger partial charge >= 0.3 is 0 Å². The molecular formula is C12H26O. The molecule has 0 rings (SSSR count). The van der Waals surface area contributed by atoms with Crippen LogP contribution in [0.1, 0.15) is 59.3 Å². The van der Waals surface area contributed by atoms with Crippen LogP contribution in [-0.2, 0) is 4.74 Å². The smallest absolute Gasteiger partial charge is 0.0466 e. The second-order valence-electron chi connectivity index (χ2n) is 4.21. The largest absolute Gasteiger partial charge is 0.381 e. The number of unbranched alkanes of at least 4 members (excludes halogenated alkanes) is 3. The molecule has 80 valence electrons. The Morgan fingerprint density at radius 1 is 0.923 bits per heavy atom. The second-order valence-corrected chi connectivity index (χ2v) is 4.21. The third kappa shape index (κ3) is 12.0. The van der Waals surface area contributed by atoms with E-state index >= 15 is 0 Å². The summed E-state index contributed by atoms with van der Waals surface area (Å²) in [4.78, 5) is 0. The van der Waals surface area contributed by atoms with E-state index in [4.69, 9.17) is 4.74 Å². The Labute approximate surface area is 83.9 Å². The first kappa shape index (κ1) is 13.0. The summed E-state index contributed by atoms with van der Waals surface area (Å²) in [5.41, 5.74) is 0. The van der Waals surface area contributed by atoms with E-state index in [1.165, 1.54) is 32.1 Å². The summed E-state index contributed by atoms with van der Waals surface area (Å²) in [5, 5.41) is 0. The van der Waals surface area contributed by atoms with E-state index in [1.807, 2.05) is 0 Å². The molecule has 0 N–H and O–H groups in total. The van der Waals surface area contributed by atoms with Crippen LogP contribution in [0.2, 0.25) is 0 Å². The van der Waals surface area contributed by atoms with Gasteiger partial charge in [0.1, 0.15) is 0 Å². The molecule has 0 aliphatic carbocycles. The summed E-state index contributed by atoms with van der Waals surface area (Å²) in [6.45, 7) is 8.65. The molecule has 1 heteroatoms. The lowest BCUT2D eigenvalue weighted by Crippen LogP contribution is -1.95. The fourth-order valence-corrected chi connectivity index (χ4v) is 1.36. The molecule has 0 atom stereocenters. The predicted molar refractivity (Wildman–Crippen MR) is 59.0 cm³/mol. The van der Waals surface area contributed by atoms with Gasteiger partial charge in [0.15, 0.2) is 0 Å². The summed E-state index contributed by atoms with van der Waals surface area (Å²) < 4.78 is 5.41. The van der Waals surface area contributed by atoms with Crippen LogP contribution in [0, 0.1) is 5.92 Å². The maximum absolute atomic E-state index is 5.41. The van der Waals surface area contributed by atoms with Crippen molar-refractivity contribution in [1.82, 2.24) is 0 Å². The van der Waals surface area contributed by atoms with Crippen molar-refractivity contribution in [2.24, 2.45) is 5.92 Å². The van der Waals surface area contributed by atoms with Crippen LogP contribution < -0.4 is 0 Å². The number of rotatable bonds is 9. The standard InChI is InChI=1S/C12H26O/c1-4-10-13-11-8-6-5-7-9-12(2)3/h12H,4-11H2,1-3H3. The zero-order chi connectivity index (χ0) is 9.94. The van der Waals surface area contributed by atoms with Crippen LogP contribution in [0.3, 0.4) is 0 Å². The second kappa shape index (κ2) is 10.0. The van der Waals surface area contributed by atoms with E-state index in [9.17, 15) is 0 Å². The zero-order valence-corrected chi connectivity index (χ0v) is 9.64. The van der Waals surface area contributed by atoms with Crippen molar-refractivity contribution in [1.29, 1.82) is 0 Å². The summed E-state index contributed by atoms with van der Waals surface area (Å²) in [6, 6.07) is 0. The van der Waals surface area contributed by atoms with Crippen molar-refractivity contribution >= 4 is 0 Å². The first-order chi connectivity index (χ1) is 6.27. The van der Waals surface area contributed by atoms with Crippen LogP contribution in [-0.4, -0.2) is 13.2 Å². The Hall–Kier alpha value is -0.0400. The van der Waals surface area contributed by atoms with Crippen LogP contribution in [0.5, 0.6) is 0 Å². The molecule has 0 amide bonds. The minimum Gasteiger partial charge on any atom is -0.381 e. The Morgan fingerprint density at radius 3 is 2.23 bits per heavy atom. The van der Waals surface area contributed by atoms with Gasteiger partial charge in [-0.25, -0.2) is 0 Å². The maximum atomic E-state index is 5.41. The van der Waals surface area contributed by atoms with E-state index in [1.54, 1.807) is 0 Å². The lowest BCUT2D eigenvalue weighted by Gasteiger charge is -2.04. The molecule has 13 heavy (non-hydrogen) atoms. The van der Waals surface area contributed by atoms with Gasteiger partial charge in [-0.05, 0) is 18.8 Å². The topological polar surface area (TPSA) is 9.23 Å². The van der Waals surface area contributed by atoms with Crippen molar-refractivity contribution in [2.45, 2.75) is 59.3 Å². The highest BCUT2D eigenvalue weighted by Gasteiger charge is 1.94. The van der Waals surface area contributed by atoms with Crippen molar-refractivity contribution < 1.29 is 4.74 Å². The molecule has 0 aliphatic heterocycles. The quantitative estimate of drug-likeness (QED) is 0.494. The van der Waals surface area contributed by atoms with Gasteiger partial charge in [0.25, 0.3) is 0 Å². The fraction of sp³-hybridized carbons (Fsp3) is 1.00. The summed E-state index contributed by atoms with van der Waals surface area (Å²) in [5.74, 6) is 0.872. The van der Waals surface area contributed by atoms with E-state index in [-0.39, 0.29) is 0 Å². The normalized spacial score (nSPS) is 11.1. The predicted octanol–water partition coefficient (Wildman–Crippen LogP) is 4.02. The third-order valence-electron chi connectivity index (χ3n) is 2.17. The maximum Gasteiger partial charge on any atom is 0.0466 e. The van der Waals surface area contributed by atoms with Crippen molar-refractivity contribution in [3.63, 3.8) is 0 Å². The Kier molecular flexibility index (Phi) is 10.0. The number of hydrogen-bond donors (Lipinski definition) is 0. The molecule has 0 aromatic carbocycles. The minimum absolute atomic E-state index is 0.872. The van der Waals surface area contributed by atoms with Crippen LogP contribution in [0.4, 0.5) is 0 Å². The van der Waals surface area contributed by atoms with E-state index in [0.29, 0.717) is 0 Å². The Balaban J connectivity index is 2.84. The monoisotopic (exact) mass is 186 g/mol. The van der Waals surface area contributed by atoms with Crippen LogP contribution in [0.15, 0.2) is 0 Å². The van der Waals surface area contributed by atoms with Crippen molar-refractivity contribution in [2.75, 3.05) is 13.2 Å². The average Bonchev–Trinajstić information content (AvgIpc) is 2.09. The molecular weight excluding hydrogens is 160 g/mol. The van der Waals surface area contributed by atoms with E-state index in [2.05, 4.69) is 20.8 Å². The SMILES string of the molecule is CCCOCCCCCCC(C)C. The van der Waals surface area contributed by atoms with E-state index in [0.717, 1.165) is 25.6 Å². The van der Waals surface area contributed by atoms with Crippen LogP contribution >= 0.6 is 0 Å². The molecule has 0 fully saturated rings. The fourth-order valence-electron chi connectivity index (χ4n) is 1.36. The Morgan fingerprint density at radius 2 is 1.62 bits per heavy atom. The first-order valence-corrected chi connectivity index (χ1v) is 5.85. The lowest BCUT2D eigenvalue weighted by molar-refractivity contribution is 0.130. The summed E-state index contributed by atoms with van der Waals surface area (Å²) >= 11 is 0. The average molecular weight is 186 g/mol. The van der Waals surface area contributed by atoms with Gasteiger partial charge in [-0.1, -0.05) is 46.5 Å². The number of hydrogen-bond acceptors (Lipinski definition) is 1. The molecule has 1 nitrogen and oxygen atoms in total. The molecule has 0 spiro atoms. The van der Waals surface area contributed by atoms with Gasteiger partial charge in [0.2, 0.25) is 0 Å². The number of ether oxygens (including phenoxy) is 1. The van der Waals surface area contributed by atoms with Gasteiger partial charge in [0, 0.05) is 13.2 Å². The highest BCUT2D eigenvalue weighted by atomic mass is 16.5. The molecule has 0 heterocycles. The molecule has 0 saturated carbocycles. The highest BCUT2D eigenvalue weighted by Crippen LogP contribution is 2.09. The summed E-state index contributed by atoms with van der Waals surface area (Å²) in [6.07, 6.45) is 7.90. The van der Waals surface area contributed by atoms with Gasteiger partial charge in [0.05, 0.1) is 0 Å². The highest BCUT2D eigenvalue weighted by molar-refractivity contribution is 4.47. The van der Waals surface area contributed by atoms with Gasteiger partial charge in [-0.3, -0.25) is 0 Å². The van der Waals surface area contributed by atoms with Gasteiger partial charge in [-0.15, -0.1) is 0 Å². The molecule has 0 aromatic heterocycles. The minimum atomic E-state index is 0.872. The van der Waals surface area contributed by atoms with Gasteiger partial charge in [-0.2, -0.15) is 0 Å². The third-order valence-corrected chi connectivity index (χ3v) is 2.17. The molecule has 0 aliphatic rings. The van der Waals surface area contributed by atoms with Crippen molar-refractivity contribution in [3.8, 4) is 0 Å². The van der Waals surface area contributed by atoms with Crippen LogP contribution in [0.25, 0.3) is 0 Å².